The van der Waals surface area contributed by atoms with Gasteiger partial charge in [0.05, 0.1) is 18.1 Å². The minimum absolute atomic E-state index is 0.132. The molecule has 0 saturated carbocycles. The molecule has 1 saturated heterocycles. The highest BCUT2D eigenvalue weighted by Gasteiger charge is 2.38. The zero-order chi connectivity index (χ0) is 15.7. The third-order valence-electron chi connectivity index (χ3n) is 3.72. The molecular formula is C15H18N6O. The summed E-state index contributed by atoms with van der Waals surface area (Å²) >= 11 is 0. The molecule has 0 aromatic carbocycles. The predicted octanol–water partition coefficient (Wildman–Crippen LogP) is 2.08. The number of hydrogen-bond donors (Lipinski definition) is 0. The van der Waals surface area contributed by atoms with Crippen molar-refractivity contribution in [3.05, 3.63) is 24.2 Å². The van der Waals surface area contributed by atoms with Crippen LogP contribution in [-0.2, 0) is 4.74 Å². The highest BCUT2D eigenvalue weighted by atomic mass is 16.5. The normalized spacial score (nSPS) is 24.9. The average molecular weight is 298 g/mol. The maximum Gasteiger partial charge on any atom is 0.181 e. The van der Waals surface area contributed by atoms with E-state index < -0.39 is 5.60 Å². The number of nitriles is 1. The molecule has 2 atom stereocenters. The molecule has 22 heavy (non-hydrogen) atoms. The minimum atomic E-state index is -0.715. The number of nitrogens with zero attached hydrogens (tertiary/aromatic N) is 6. The van der Waals surface area contributed by atoms with Crippen molar-refractivity contribution in [2.24, 2.45) is 4.99 Å². The molecule has 7 nitrogen and oxygen atoms in total. The van der Waals surface area contributed by atoms with E-state index in [1.54, 1.807) is 10.9 Å². The summed E-state index contributed by atoms with van der Waals surface area (Å²) in [7, 11) is 3.81. The van der Waals surface area contributed by atoms with Gasteiger partial charge in [-0.25, -0.2) is 14.5 Å². The van der Waals surface area contributed by atoms with Gasteiger partial charge in [0.1, 0.15) is 17.9 Å². The molecule has 3 rings (SSSR count). The van der Waals surface area contributed by atoms with Crippen molar-refractivity contribution in [3.63, 3.8) is 0 Å². The lowest BCUT2D eigenvalue weighted by Crippen LogP contribution is -2.20. The molecule has 0 amide bonds. The second kappa shape index (κ2) is 5.39. The summed E-state index contributed by atoms with van der Waals surface area (Å²) in [6.45, 7) is 1.82. The fourth-order valence-electron chi connectivity index (χ4n) is 2.58. The van der Waals surface area contributed by atoms with Gasteiger partial charge in [-0.15, -0.1) is 0 Å². The molecule has 2 aromatic rings. The summed E-state index contributed by atoms with van der Waals surface area (Å²) in [6.07, 6.45) is 4.58. The smallest absolute Gasteiger partial charge is 0.181 e. The van der Waals surface area contributed by atoms with E-state index in [1.165, 1.54) is 6.33 Å². The van der Waals surface area contributed by atoms with Crippen LogP contribution in [0.25, 0.3) is 5.52 Å². The summed E-state index contributed by atoms with van der Waals surface area (Å²) < 4.78 is 7.69. The van der Waals surface area contributed by atoms with Gasteiger partial charge >= 0.3 is 0 Å². The largest absolute Gasteiger partial charge is 0.369 e. The average Bonchev–Trinajstić information content (AvgIpc) is 3.09. The number of fused-ring (bicyclic) bond motifs is 1. The van der Waals surface area contributed by atoms with Crippen molar-refractivity contribution < 1.29 is 4.74 Å². The van der Waals surface area contributed by atoms with E-state index in [0.717, 1.165) is 24.1 Å². The van der Waals surface area contributed by atoms with Gasteiger partial charge in [0.2, 0.25) is 0 Å². The van der Waals surface area contributed by atoms with Gasteiger partial charge in [-0.1, -0.05) is 0 Å². The Morgan fingerprint density at radius 2 is 2.36 bits per heavy atom. The number of rotatable bonds is 3. The van der Waals surface area contributed by atoms with Gasteiger partial charge < -0.3 is 9.64 Å². The number of hydrogen-bond acceptors (Lipinski definition) is 5. The first-order valence-electron chi connectivity index (χ1n) is 7.15. The lowest BCUT2D eigenvalue weighted by molar-refractivity contribution is 0.00625. The molecule has 0 radical (unpaired) electrons. The van der Waals surface area contributed by atoms with E-state index in [1.807, 2.05) is 38.1 Å². The van der Waals surface area contributed by atoms with Crippen LogP contribution in [-0.4, -0.2) is 45.5 Å². The summed E-state index contributed by atoms with van der Waals surface area (Å²) in [5.41, 5.74) is 1.04. The first-order valence-corrected chi connectivity index (χ1v) is 7.15. The topological polar surface area (TPSA) is 78.8 Å². The van der Waals surface area contributed by atoms with Crippen molar-refractivity contribution in [2.45, 2.75) is 31.5 Å². The van der Waals surface area contributed by atoms with Crippen molar-refractivity contribution in [2.75, 3.05) is 14.1 Å². The second-order valence-electron chi connectivity index (χ2n) is 5.83. The SMILES string of the molecule is CN(C)C=Nc1ncnn2c(C3CCC(C)(C#N)O3)ccc12. The molecular weight excluding hydrogens is 280 g/mol. The third kappa shape index (κ3) is 2.53. The standard InChI is InChI=1S/C15H18N6O/c1-15(8-16)7-6-13(22-15)11-4-5-12-14(18-10-20(2)3)17-9-19-21(11)12/h4-5,9-10,13H,6-7H2,1-3H3. The highest BCUT2D eigenvalue weighted by Crippen LogP contribution is 2.39. The molecule has 2 aromatic heterocycles. The number of aliphatic imine (C=N–C) groups is 1. The molecule has 1 aliphatic heterocycles. The van der Waals surface area contributed by atoms with Gasteiger partial charge in [-0.2, -0.15) is 10.4 Å². The summed E-state index contributed by atoms with van der Waals surface area (Å²) in [5, 5.41) is 13.5. The summed E-state index contributed by atoms with van der Waals surface area (Å²) in [4.78, 5) is 10.4. The molecule has 0 aliphatic carbocycles. The Morgan fingerprint density at radius 3 is 3.05 bits per heavy atom. The Balaban J connectivity index is 1.97. The van der Waals surface area contributed by atoms with Gasteiger partial charge in [0.25, 0.3) is 0 Å². The van der Waals surface area contributed by atoms with Crippen molar-refractivity contribution in [1.82, 2.24) is 19.5 Å². The first kappa shape index (κ1) is 14.5. The molecule has 0 spiro atoms. The molecule has 2 unspecified atom stereocenters. The van der Waals surface area contributed by atoms with Crippen LogP contribution in [0, 0.1) is 11.3 Å². The van der Waals surface area contributed by atoms with E-state index in [-0.39, 0.29) is 6.10 Å². The zero-order valence-corrected chi connectivity index (χ0v) is 12.9. The summed E-state index contributed by atoms with van der Waals surface area (Å²) in [5.74, 6) is 0.607. The van der Waals surface area contributed by atoms with Crippen LogP contribution in [0.4, 0.5) is 5.82 Å². The molecule has 114 valence electrons. The monoisotopic (exact) mass is 298 g/mol. The second-order valence-corrected chi connectivity index (χ2v) is 5.83. The molecule has 0 N–H and O–H groups in total. The van der Waals surface area contributed by atoms with Crippen LogP contribution in [0.5, 0.6) is 0 Å². The Kier molecular flexibility index (Phi) is 3.54. The van der Waals surface area contributed by atoms with Crippen LogP contribution in [0.2, 0.25) is 0 Å². The maximum atomic E-state index is 9.19. The first-order chi connectivity index (χ1) is 10.5. The van der Waals surface area contributed by atoms with Crippen LogP contribution in [0.1, 0.15) is 31.6 Å². The van der Waals surface area contributed by atoms with Gasteiger partial charge in [0.15, 0.2) is 11.4 Å². The van der Waals surface area contributed by atoms with Crippen LogP contribution in [0.15, 0.2) is 23.5 Å². The number of ether oxygens (including phenoxy) is 1. The number of aromatic nitrogens is 3. The van der Waals surface area contributed by atoms with E-state index in [0.29, 0.717) is 5.82 Å². The Morgan fingerprint density at radius 1 is 1.55 bits per heavy atom. The van der Waals surface area contributed by atoms with Crippen molar-refractivity contribution >= 4 is 17.7 Å². The Bertz CT molecular complexity index is 759. The fourth-order valence-corrected chi connectivity index (χ4v) is 2.58. The maximum absolute atomic E-state index is 9.19. The summed E-state index contributed by atoms with van der Waals surface area (Å²) in [6, 6.07) is 6.13. The molecule has 3 heterocycles. The Hall–Kier alpha value is -2.46. The predicted molar refractivity (Wildman–Crippen MR) is 81.9 cm³/mol. The van der Waals surface area contributed by atoms with Crippen LogP contribution < -0.4 is 0 Å². The van der Waals surface area contributed by atoms with Gasteiger partial charge in [-0.05, 0) is 31.9 Å². The molecule has 1 fully saturated rings. The lowest BCUT2D eigenvalue weighted by Gasteiger charge is -2.16. The molecule has 1 aliphatic rings. The minimum Gasteiger partial charge on any atom is -0.369 e. The van der Waals surface area contributed by atoms with Gasteiger partial charge in [-0.3, -0.25) is 0 Å². The zero-order valence-electron chi connectivity index (χ0n) is 12.9. The third-order valence-corrected chi connectivity index (χ3v) is 3.72. The highest BCUT2D eigenvalue weighted by molar-refractivity contribution is 5.70. The Labute approximate surface area is 128 Å². The van der Waals surface area contributed by atoms with Crippen LogP contribution in [0.3, 0.4) is 0 Å². The van der Waals surface area contributed by atoms with Gasteiger partial charge in [0, 0.05) is 14.1 Å². The van der Waals surface area contributed by atoms with E-state index in [9.17, 15) is 5.26 Å². The molecule has 7 heteroatoms. The van der Waals surface area contributed by atoms with E-state index in [2.05, 4.69) is 21.1 Å². The lowest BCUT2D eigenvalue weighted by atomic mass is 10.0. The van der Waals surface area contributed by atoms with Crippen molar-refractivity contribution in [3.8, 4) is 6.07 Å². The molecule has 0 bridgehead atoms. The van der Waals surface area contributed by atoms with E-state index in [4.69, 9.17) is 4.74 Å². The van der Waals surface area contributed by atoms with Crippen molar-refractivity contribution in [1.29, 1.82) is 5.26 Å². The quantitative estimate of drug-likeness (QED) is 0.640. The fraction of sp³-hybridized carbons (Fsp3) is 0.467. The van der Waals surface area contributed by atoms with E-state index >= 15 is 0 Å². The van der Waals surface area contributed by atoms with Crippen LogP contribution >= 0.6 is 0 Å².